The van der Waals surface area contributed by atoms with Crippen LogP contribution in [0.25, 0.3) is 10.2 Å². The van der Waals surface area contributed by atoms with Gasteiger partial charge in [0.1, 0.15) is 0 Å². The number of fused-ring (bicyclic) bond motifs is 1. The number of hydrogen-bond acceptors (Lipinski definition) is 5. The van der Waals surface area contributed by atoms with E-state index in [1.54, 1.807) is 32.0 Å². The summed E-state index contributed by atoms with van der Waals surface area (Å²) in [4.78, 5) is 18.5. The second-order valence-corrected chi connectivity index (χ2v) is 7.16. The highest BCUT2D eigenvalue weighted by atomic mass is 32.2. The van der Waals surface area contributed by atoms with Crippen molar-refractivity contribution in [2.45, 2.75) is 4.90 Å². The number of aromatic nitrogens is 1. The third-order valence-corrected chi connectivity index (χ3v) is 5.65. The topological polar surface area (TPSA) is 52.8 Å². The fraction of sp³-hybridized carbons (Fsp3) is 0.222. The summed E-state index contributed by atoms with van der Waals surface area (Å²) in [6.07, 6.45) is 1.98. The number of benzene rings is 2. The molecule has 25 heavy (non-hydrogen) atoms. The van der Waals surface area contributed by atoms with Crippen LogP contribution in [0.2, 0.25) is 0 Å². The molecule has 1 heterocycles. The highest BCUT2D eigenvalue weighted by molar-refractivity contribution is 7.98. The minimum Gasteiger partial charge on any atom is -0.493 e. The highest BCUT2D eigenvalue weighted by Crippen LogP contribution is 2.33. The Labute approximate surface area is 153 Å². The molecule has 0 aliphatic rings. The fourth-order valence-corrected chi connectivity index (χ4v) is 3.96. The van der Waals surface area contributed by atoms with E-state index in [0.29, 0.717) is 21.9 Å². The van der Waals surface area contributed by atoms with Crippen molar-refractivity contribution in [3.63, 3.8) is 0 Å². The number of ether oxygens (including phenoxy) is 2. The predicted octanol–water partition coefficient (Wildman–Crippen LogP) is 3.72. The second-order valence-electron chi connectivity index (χ2n) is 5.27. The van der Waals surface area contributed by atoms with Gasteiger partial charge in [-0.15, -0.1) is 11.8 Å². The molecule has 1 amide bonds. The summed E-state index contributed by atoms with van der Waals surface area (Å²) in [6, 6.07) is 11.3. The smallest absolute Gasteiger partial charge is 0.279 e. The third kappa shape index (κ3) is 3.43. The molecule has 0 radical (unpaired) electrons. The fourth-order valence-electron chi connectivity index (χ4n) is 2.47. The van der Waals surface area contributed by atoms with Gasteiger partial charge in [0.05, 0.1) is 24.4 Å². The Morgan fingerprint density at radius 1 is 1.16 bits per heavy atom. The SMILES string of the molecule is COc1cc2sc(=NC(=O)c3cccc(SC)c3)n(C)c2cc1OC. The van der Waals surface area contributed by atoms with E-state index in [-0.39, 0.29) is 5.91 Å². The normalized spacial score (nSPS) is 11.8. The zero-order valence-electron chi connectivity index (χ0n) is 14.4. The molecule has 1 aromatic heterocycles. The maximum Gasteiger partial charge on any atom is 0.279 e. The zero-order valence-corrected chi connectivity index (χ0v) is 16.0. The van der Waals surface area contributed by atoms with Gasteiger partial charge in [-0.2, -0.15) is 4.99 Å². The second kappa shape index (κ2) is 7.33. The van der Waals surface area contributed by atoms with Crippen LogP contribution < -0.4 is 14.3 Å². The number of thiazole rings is 1. The lowest BCUT2D eigenvalue weighted by Gasteiger charge is -2.07. The van der Waals surface area contributed by atoms with Crippen molar-refractivity contribution in [2.75, 3.05) is 20.5 Å². The molecule has 5 nitrogen and oxygen atoms in total. The van der Waals surface area contributed by atoms with Crippen LogP contribution in [0.15, 0.2) is 46.3 Å². The molecule has 2 aromatic carbocycles. The van der Waals surface area contributed by atoms with Gasteiger partial charge < -0.3 is 14.0 Å². The van der Waals surface area contributed by atoms with E-state index in [1.165, 1.54) is 11.3 Å². The van der Waals surface area contributed by atoms with Crippen LogP contribution >= 0.6 is 23.1 Å². The molecule has 3 aromatic rings. The van der Waals surface area contributed by atoms with Gasteiger partial charge in [-0.05, 0) is 24.5 Å². The van der Waals surface area contributed by atoms with Crippen molar-refractivity contribution in [3.8, 4) is 11.5 Å². The van der Waals surface area contributed by atoms with Crippen molar-refractivity contribution >= 4 is 39.2 Å². The Morgan fingerprint density at radius 2 is 1.88 bits per heavy atom. The molecular weight excluding hydrogens is 356 g/mol. The Hall–Kier alpha value is -2.25. The van der Waals surface area contributed by atoms with Crippen molar-refractivity contribution in [2.24, 2.45) is 12.0 Å². The van der Waals surface area contributed by atoms with E-state index >= 15 is 0 Å². The average Bonchev–Trinajstić information content (AvgIpc) is 2.95. The molecule has 3 rings (SSSR count). The van der Waals surface area contributed by atoms with E-state index in [1.807, 2.05) is 48.2 Å². The number of hydrogen-bond donors (Lipinski definition) is 0. The first-order chi connectivity index (χ1) is 12.1. The predicted molar refractivity (Wildman–Crippen MR) is 102 cm³/mol. The summed E-state index contributed by atoms with van der Waals surface area (Å²) in [5.74, 6) is 1.05. The molecule has 0 N–H and O–H groups in total. The summed E-state index contributed by atoms with van der Waals surface area (Å²) < 4.78 is 13.6. The number of methoxy groups -OCH3 is 2. The third-order valence-electron chi connectivity index (χ3n) is 3.83. The molecule has 0 saturated heterocycles. The van der Waals surface area contributed by atoms with E-state index in [2.05, 4.69) is 4.99 Å². The van der Waals surface area contributed by atoms with Crippen LogP contribution in [-0.2, 0) is 7.05 Å². The van der Waals surface area contributed by atoms with E-state index < -0.39 is 0 Å². The molecule has 0 aliphatic heterocycles. The molecule has 7 heteroatoms. The average molecular weight is 374 g/mol. The minimum absolute atomic E-state index is 0.253. The summed E-state index contributed by atoms with van der Waals surface area (Å²) >= 11 is 3.04. The monoisotopic (exact) mass is 374 g/mol. The first-order valence-corrected chi connectivity index (χ1v) is 9.56. The van der Waals surface area contributed by atoms with Crippen LogP contribution in [-0.4, -0.2) is 30.9 Å². The van der Waals surface area contributed by atoms with Crippen molar-refractivity contribution in [3.05, 3.63) is 46.8 Å². The van der Waals surface area contributed by atoms with Gasteiger partial charge >= 0.3 is 0 Å². The summed E-state index contributed by atoms with van der Waals surface area (Å²) in [7, 11) is 5.09. The number of carbonyl (C=O) groups excluding carboxylic acids is 1. The minimum atomic E-state index is -0.253. The van der Waals surface area contributed by atoms with Crippen molar-refractivity contribution < 1.29 is 14.3 Å². The van der Waals surface area contributed by atoms with Gasteiger partial charge in [-0.3, -0.25) is 4.79 Å². The van der Waals surface area contributed by atoms with Crippen molar-refractivity contribution in [1.29, 1.82) is 0 Å². The lowest BCUT2D eigenvalue weighted by atomic mass is 10.2. The number of amides is 1. The summed E-state index contributed by atoms with van der Waals surface area (Å²) in [6.45, 7) is 0. The maximum absolute atomic E-state index is 12.5. The summed E-state index contributed by atoms with van der Waals surface area (Å²) in [5.41, 5.74) is 1.52. The standard InChI is InChI=1S/C18H18N2O3S2/c1-20-13-9-14(22-2)15(23-3)10-16(13)25-18(20)19-17(21)11-6-5-7-12(8-11)24-4/h5-10H,1-4H3. The van der Waals surface area contributed by atoms with Gasteiger partial charge in [-0.1, -0.05) is 17.4 Å². The number of thioether (sulfide) groups is 1. The van der Waals surface area contributed by atoms with E-state index in [4.69, 9.17) is 9.47 Å². The molecule has 0 saturated carbocycles. The Kier molecular flexibility index (Phi) is 5.15. The molecule has 130 valence electrons. The van der Waals surface area contributed by atoms with Gasteiger partial charge in [0.15, 0.2) is 16.3 Å². The van der Waals surface area contributed by atoms with E-state index in [0.717, 1.165) is 15.1 Å². The molecule has 0 bridgehead atoms. The van der Waals surface area contributed by atoms with E-state index in [9.17, 15) is 4.79 Å². The lowest BCUT2D eigenvalue weighted by molar-refractivity contribution is 0.0997. The van der Waals surface area contributed by atoms with Gasteiger partial charge in [0.25, 0.3) is 5.91 Å². The molecule has 0 unspecified atom stereocenters. The van der Waals surface area contributed by atoms with Crippen molar-refractivity contribution in [1.82, 2.24) is 4.57 Å². The lowest BCUT2D eigenvalue weighted by Crippen LogP contribution is -2.13. The molecule has 0 atom stereocenters. The highest BCUT2D eigenvalue weighted by Gasteiger charge is 2.12. The largest absolute Gasteiger partial charge is 0.493 e. The van der Waals surface area contributed by atoms with Crippen LogP contribution in [0.4, 0.5) is 0 Å². The van der Waals surface area contributed by atoms with Crippen LogP contribution in [0.1, 0.15) is 10.4 Å². The molecule has 0 fully saturated rings. The van der Waals surface area contributed by atoms with Gasteiger partial charge in [0, 0.05) is 29.6 Å². The first kappa shape index (κ1) is 17.6. The Balaban J connectivity index is 2.09. The molecular formula is C18H18N2O3S2. The summed E-state index contributed by atoms with van der Waals surface area (Å²) in [5, 5.41) is 0. The number of aryl methyl sites for hydroxylation is 1. The van der Waals surface area contributed by atoms with Crippen LogP contribution in [0, 0.1) is 0 Å². The Morgan fingerprint density at radius 3 is 2.56 bits per heavy atom. The Bertz CT molecular complexity index is 1010. The maximum atomic E-state index is 12.5. The number of nitrogens with zero attached hydrogens (tertiary/aromatic N) is 2. The number of rotatable bonds is 4. The van der Waals surface area contributed by atoms with Gasteiger partial charge in [0.2, 0.25) is 0 Å². The number of carbonyl (C=O) groups is 1. The van der Waals surface area contributed by atoms with Gasteiger partial charge in [-0.25, -0.2) is 0 Å². The molecule has 0 spiro atoms. The zero-order chi connectivity index (χ0) is 18.0. The van der Waals surface area contributed by atoms with Crippen LogP contribution in [0.3, 0.4) is 0 Å². The molecule has 0 aliphatic carbocycles. The van der Waals surface area contributed by atoms with Crippen LogP contribution in [0.5, 0.6) is 11.5 Å². The first-order valence-electron chi connectivity index (χ1n) is 7.52. The quantitative estimate of drug-likeness (QED) is 0.653.